The van der Waals surface area contributed by atoms with Gasteiger partial charge in [0, 0.05) is 63.7 Å². The molecule has 20 heteroatoms. The minimum Gasteiger partial charge on any atom is -0.459 e. The number of aliphatic hydroxyl groups is 4. The zero-order chi connectivity index (χ0) is 55.8. The molecule has 16 fully saturated rings. The summed E-state index contributed by atoms with van der Waals surface area (Å²) in [6.07, 6.45) is -2.16. The Kier molecular flexibility index (Phi) is 14.1. The van der Waals surface area contributed by atoms with Crippen LogP contribution < -0.4 is 0 Å². The number of ether oxygens (including phenoxy) is 15. The van der Waals surface area contributed by atoms with Crippen LogP contribution in [0.4, 0.5) is 0 Å². The van der Waals surface area contributed by atoms with Gasteiger partial charge in [0.15, 0.2) is 17.4 Å². The fourth-order valence-corrected chi connectivity index (χ4v) is 18.6. The molecule has 0 radical (unpaired) electrons. The van der Waals surface area contributed by atoms with Gasteiger partial charge in [0.25, 0.3) is 0 Å². The molecule has 0 aromatic carbocycles. The zero-order valence-corrected chi connectivity index (χ0v) is 47.7. The Morgan fingerprint density at radius 1 is 0.568 bits per heavy atom. The Labute approximate surface area is 474 Å². The van der Waals surface area contributed by atoms with E-state index in [0.717, 1.165) is 30.4 Å². The van der Waals surface area contributed by atoms with E-state index in [1.54, 1.807) is 0 Å². The lowest BCUT2D eigenvalue weighted by Crippen LogP contribution is -2.63. The average Bonchev–Trinajstić information content (AvgIpc) is 3.59. The Morgan fingerprint density at radius 3 is 2.10 bits per heavy atom. The van der Waals surface area contributed by atoms with E-state index >= 15 is 0 Å². The molecule has 12 bridgehead atoms. The summed E-state index contributed by atoms with van der Waals surface area (Å²) in [4.78, 5) is 14.6. The molecule has 0 saturated carbocycles. The summed E-state index contributed by atoms with van der Waals surface area (Å²) < 4.78 is 103. The minimum atomic E-state index is -1.35. The SMILES string of the molecule is C=C1C2C[C@@H]3O[C@H]4C[C@H]5O[C@]6(C[C@@H]7O[C@]8(C[C@H](C)[C@@H]9O[C@H]([C@@H](O)C[C@@H](O)CO)C[C@@H]9O8)C[C@H](C)[C@@H]7O6)C[C@H]5O[C@H]4[C@H](C)[C@H]3OC(=O)C[C@H]3CC[C@@H]4OC5[C@H]6O[C@]7(C)[C@H]5O[C@@](CC[C@H]5CC(=C)[C@H](CC[C@@H](C[C@H]1C)O2)O5)(O[C@H]6[C@H]4O3)[C@@H]7O. The van der Waals surface area contributed by atoms with Crippen LogP contribution in [0.3, 0.4) is 0 Å². The first-order valence-corrected chi connectivity index (χ1v) is 31.3. The van der Waals surface area contributed by atoms with Crippen molar-refractivity contribution < 1.29 is 96.3 Å². The van der Waals surface area contributed by atoms with Crippen molar-refractivity contribution in [1.29, 1.82) is 0 Å². The predicted octanol–water partition coefficient (Wildman–Crippen LogP) is 4.29. The summed E-state index contributed by atoms with van der Waals surface area (Å²) in [5.74, 6) is -3.44. The number of rotatable bonds is 4. The third kappa shape index (κ3) is 9.29. The van der Waals surface area contributed by atoms with Gasteiger partial charge in [-0.05, 0) is 80.8 Å². The molecule has 0 aliphatic carbocycles. The van der Waals surface area contributed by atoms with Crippen LogP contribution in [-0.4, -0.2) is 209 Å². The van der Waals surface area contributed by atoms with Gasteiger partial charge in [0.05, 0.1) is 123 Å². The second-order valence-electron chi connectivity index (χ2n) is 28.2. The van der Waals surface area contributed by atoms with Gasteiger partial charge in [0.2, 0.25) is 0 Å². The number of hydrogen-bond donors (Lipinski definition) is 4. The van der Waals surface area contributed by atoms with Gasteiger partial charge in [0.1, 0.15) is 48.3 Å². The van der Waals surface area contributed by atoms with Gasteiger partial charge >= 0.3 is 5.97 Å². The second-order valence-corrected chi connectivity index (χ2v) is 28.2. The first kappa shape index (κ1) is 55.8. The number of fused-ring (bicyclic) bond motifs is 10. The third-order valence-corrected chi connectivity index (χ3v) is 22.5. The van der Waals surface area contributed by atoms with Gasteiger partial charge in [-0.2, -0.15) is 0 Å². The molecule has 0 amide bonds. The quantitative estimate of drug-likeness (QED) is 0.227. The van der Waals surface area contributed by atoms with Crippen LogP contribution >= 0.6 is 0 Å². The van der Waals surface area contributed by atoms with E-state index in [9.17, 15) is 25.2 Å². The number of carbonyl (C=O) groups is 1. The van der Waals surface area contributed by atoms with Gasteiger partial charge in [-0.1, -0.05) is 40.9 Å². The van der Waals surface area contributed by atoms with Crippen molar-refractivity contribution in [2.24, 2.45) is 23.7 Å². The van der Waals surface area contributed by atoms with Crippen molar-refractivity contribution in [3.05, 3.63) is 24.3 Å². The summed E-state index contributed by atoms with van der Waals surface area (Å²) in [5.41, 5.74) is 1.03. The van der Waals surface area contributed by atoms with E-state index in [4.69, 9.17) is 71.1 Å². The predicted molar refractivity (Wildman–Crippen MR) is 280 cm³/mol. The molecule has 16 aliphatic rings. The Balaban J connectivity index is 0.660. The summed E-state index contributed by atoms with van der Waals surface area (Å²) in [5, 5.41) is 42.5. The van der Waals surface area contributed by atoms with Crippen LogP contribution in [-0.2, 0) is 75.8 Å². The lowest BCUT2D eigenvalue weighted by molar-refractivity contribution is -0.347. The third-order valence-electron chi connectivity index (χ3n) is 22.5. The highest BCUT2D eigenvalue weighted by atomic mass is 16.8. The second kappa shape index (κ2) is 20.4. The number of esters is 1. The highest BCUT2D eigenvalue weighted by Gasteiger charge is 2.77. The van der Waals surface area contributed by atoms with Crippen LogP contribution in [0, 0.1) is 23.7 Å². The smallest absolute Gasteiger partial charge is 0.308 e. The molecular formula is C61H88O20. The van der Waals surface area contributed by atoms with Crippen molar-refractivity contribution in [3.63, 3.8) is 0 Å². The first-order chi connectivity index (χ1) is 38.8. The van der Waals surface area contributed by atoms with Gasteiger partial charge in [-0.25, -0.2) is 0 Å². The Morgan fingerprint density at radius 2 is 1.27 bits per heavy atom. The van der Waals surface area contributed by atoms with Crippen molar-refractivity contribution in [2.75, 3.05) is 6.61 Å². The van der Waals surface area contributed by atoms with Crippen LogP contribution in [0.15, 0.2) is 24.3 Å². The van der Waals surface area contributed by atoms with Crippen LogP contribution in [0.5, 0.6) is 0 Å². The largest absolute Gasteiger partial charge is 0.459 e. The topological polar surface area (TPSA) is 236 Å². The molecular weight excluding hydrogens is 1050 g/mol. The van der Waals surface area contributed by atoms with Crippen molar-refractivity contribution in [2.45, 2.75) is 319 Å². The fourth-order valence-electron chi connectivity index (χ4n) is 18.6. The molecule has 3 spiro atoms. The van der Waals surface area contributed by atoms with Crippen LogP contribution in [0.1, 0.15) is 144 Å². The van der Waals surface area contributed by atoms with E-state index in [1.807, 2.05) is 6.92 Å². The standard InChI is InChI=1S/C61H88O20/c1-26-14-33-8-10-37-27(2)15-35(67-37)12-13-61-57(66)58(7)56(81-61)55-54(78-58)53(80-61)52-38(71-55)11-9-34(69-52)17-47(65)74-51-31(6)50-43(70-42(51)18-39(68-33)30(26)5)20-41-45(73-50)23-60(75-41)24-46-49(79-60)29(4)22-59(77-46)21-28(3)48-44(76-59)19-40(72-48)36(64)16-32(63)25-62/h26,28-29,31-46,48-57,62-64,66H,2,5,8-25H2,1,3-4,6-7H3/t26-,28+,29+,31+,32-,33+,34-,35+,36+,37+,38+,39?,40+,41-,42+,43+,44+,45-,46+,48+,49+,50+,51-,52+,53+,54+,55?,56+,57-,58-,59-,60-,61-/m1/s1. The Bertz CT molecular complexity index is 2430. The maximum absolute atomic E-state index is 14.6. The summed E-state index contributed by atoms with van der Waals surface area (Å²) >= 11 is 0. The summed E-state index contributed by atoms with van der Waals surface area (Å²) in [6, 6.07) is 0. The lowest BCUT2D eigenvalue weighted by atomic mass is 9.79. The highest BCUT2D eigenvalue weighted by Crippen LogP contribution is 2.60. The maximum atomic E-state index is 14.6. The molecule has 4 N–H and O–H groups in total. The van der Waals surface area contributed by atoms with Crippen molar-refractivity contribution in [1.82, 2.24) is 0 Å². The molecule has 33 atom stereocenters. The summed E-state index contributed by atoms with van der Waals surface area (Å²) in [6.45, 7) is 19.2. The molecule has 16 aliphatic heterocycles. The molecule has 16 saturated heterocycles. The normalized spacial score (nSPS) is 57.9. The van der Waals surface area contributed by atoms with Gasteiger partial charge in [-0.15, -0.1) is 0 Å². The number of carbonyl (C=O) groups excluding carboxylic acids is 1. The minimum absolute atomic E-state index is 0.0117. The molecule has 2 unspecified atom stereocenters. The van der Waals surface area contributed by atoms with Crippen molar-refractivity contribution in [3.8, 4) is 0 Å². The van der Waals surface area contributed by atoms with E-state index in [1.165, 1.54) is 0 Å². The Hall–Kier alpha value is -1.77. The molecule has 0 aromatic heterocycles. The van der Waals surface area contributed by atoms with Crippen LogP contribution in [0.25, 0.3) is 0 Å². The fraction of sp³-hybridized carbons (Fsp3) is 0.918. The zero-order valence-electron chi connectivity index (χ0n) is 47.7. The first-order valence-electron chi connectivity index (χ1n) is 31.3. The van der Waals surface area contributed by atoms with Crippen LogP contribution in [0.2, 0.25) is 0 Å². The van der Waals surface area contributed by atoms with E-state index in [0.29, 0.717) is 77.0 Å². The van der Waals surface area contributed by atoms with Gasteiger partial charge in [-0.3, -0.25) is 4.79 Å². The molecule has 0 aromatic rings. The number of hydrogen-bond acceptors (Lipinski definition) is 20. The van der Waals surface area contributed by atoms with E-state index in [2.05, 4.69) is 40.9 Å². The monoisotopic (exact) mass is 1140 g/mol. The van der Waals surface area contributed by atoms with Crippen molar-refractivity contribution >= 4 is 5.97 Å². The summed E-state index contributed by atoms with van der Waals surface area (Å²) in [7, 11) is 0. The molecule has 16 heterocycles. The number of aliphatic hydroxyl groups excluding tert-OH is 4. The molecule has 20 nitrogen and oxygen atoms in total. The molecule has 452 valence electrons. The molecule has 81 heavy (non-hydrogen) atoms. The lowest BCUT2D eigenvalue weighted by Gasteiger charge is -2.50. The van der Waals surface area contributed by atoms with Gasteiger partial charge < -0.3 is 91.5 Å². The van der Waals surface area contributed by atoms with E-state index < -0.39 is 109 Å². The molecule has 16 rings (SSSR count). The van der Waals surface area contributed by atoms with E-state index in [-0.39, 0.29) is 116 Å². The highest BCUT2D eigenvalue weighted by molar-refractivity contribution is 5.70. The average molecular weight is 1140 g/mol. The maximum Gasteiger partial charge on any atom is 0.308 e.